The highest BCUT2D eigenvalue weighted by molar-refractivity contribution is 5.77. The van der Waals surface area contributed by atoms with Gasteiger partial charge in [0, 0.05) is 19.6 Å². The van der Waals surface area contributed by atoms with Crippen molar-refractivity contribution in [2.45, 2.75) is 58.5 Å². The maximum absolute atomic E-state index is 11.7. The number of amides is 1. The maximum Gasteiger partial charge on any atom is 0.303 e. The summed E-state index contributed by atoms with van der Waals surface area (Å²) in [6, 6.07) is 0. The van der Waals surface area contributed by atoms with Gasteiger partial charge in [-0.1, -0.05) is 13.8 Å². The van der Waals surface area contributed by atoms with E-state index in [1.807, 2.05) is 0 Å². The molecule has 0 aliphatic carbocycles. The second kappa shape index (κ2) is 7.48. The first-order chi connectivity index (χ1) is 8.89. The maximum atomic E-state index is 11.7. The third-order valence-corrected chi connectivity index (χ3v) is 3.33. The van der Waals surface area contributed by atoms with Crippen LogP contribution in [0.25, 0.3) is 0 Å². The van der Waals surface area contributed by atoms with Gasteiger partial charge in [-0.15, -0.1) is 0 Å². The van der Waals surface area contributed by atoms with Crippen LogP contribution >= 0.6 is 0 Å². The van der Waals surface area contributed by atoms with Crippen molar-refractivity contribution >= 4 is 11.9 Å². The molecule has 0 bridgehead atoms. The molecule has 1 aliphatic rings. The molecule has 110 valence electrons. The summed E-state index contributed by atoms with van der Waals surface area (Å²) in [6.45, 7) is 5.02. The Hall–Kier alpha value is -1.10. The van der Waals surface area contributed by atoms with Crippen molar-refractivity contribution in [3.63, 3.8) is 0 Å². The number of rotatable bonds is 7. The summed E-state index contributed by atoms with van der Waals surface area (Å²) in [4.78, 5) is 22.4. The standard InChI is InChI=1S/C14H25NO4/c1-14(2,10-13(17)18)9-12(16)15-7-6-11-5-3-4-8-19-11/h11H,3-10H2,1-2H3,(H,15,16)(H,17,18). The second-order valence-electron chi connectivity index (χ2n) is 6.04. The van der Waals surface area contributed by atoms with Gasteiger partial charge in [0.25, 0.3) is 0 Å². The Bertz CT molecular complexity index is 309. The Labute approximate surface area is 114 Å². The van der Waals surface area contributed by atoms with E-state index < -0.39 is 11.4 Å². The van der Waals surface area contributed by atoms with Gasteiger partial charge >= 0.3 is 5.97 Å². The van der Waals surface area contributed by atoms with Crippen LogP contribution < -0.4 is 5.32 Å². The van der Waals surface area contributed by atoms with E-state index in [-0.39, 0.29) is 24.9 Å². The molecule has 5 heteroatoms. The number of hydrogen-bond acceptors (Lipinski definition) is 3. The number of hydrogen-bond donors (Lipinski definition) is 2. The van der Waals surface area contributed by atoms with E-state index in [2.05, 4.69) is 5.32 Å². The van der Waals surface area contributed by atoms with Crippen LogP contribution in [0.4, 0.5) is 0 Å². The number of nitrogens with one attached hydrogen (secondary N) is 1. The molecule has 0 aromatic heterocycles. The average molecular weight is 271 g/mol. The average Bonchev–Trinajstić information content (AvgIpc) is 2.27. The summed E-state index contributed by atoms with van der Waals surface area (Å²) in [5, 5.41) is 11.6. The fraction of sp³-hybridized carbons (Fsp3) is 0.857. The van der Waals surface area contributed by atoms with Crippen LogP contribution in [0.5, 0.6) is 0 Å². The minimum atomic E-state index is -0.867. The fourth-order valence-electron chi connectivity index (χ4n) is 2.38. The van der Waals surface area contributed by atoms with Crippen molar-refractivity contribution in [2.24, 2.45) is 5.41 Å². The number of carbonyl (C=O) groups is 2. The van der Waals surface area contributed by atoms with Crippen molar-refractivity contribution < 1.29 is 19.4 Å². The van der Waals surface area contributed by atoms with Crippen LogP contribution in [0.1, 0.15) is 52.4 Å². The van der Waals surface area contributed by atoms with Gasteiger partial charge in [0.1, 0.15) is 0 Å². The molecule has 0 aromatic rings. The van der Waals surface area contributed by atoms with Gasteiger partial charge in [0.15, 0.2) is 0 Å². The third-order valence-electron chi connectivity index (χ3n) is 3.33. The lowest BCUT2D eigenvalue weighted by atomic mass is 9.85. The molecular formula is C14H25NO4. The largest absolute Gasteiger partial charge is 0.481 e. The van der Waals surface area contributed by atoms with E-state index in [1.165, 1.54) is 6.42 Å². The van der Waals surface area contributed by atoms with Crippen LogP contribution in [-0.4, -0.2) is 36.2 Å². The summed E-state index contributed by atoms with van der Waals surface area (Å²) < 4.78 is 5.58. The summed E-state index contributed by atoms with van der Waals surface area (Å²) in [7, 11) is 0. The zero-order valence-corrected chi connectivity index (χ0v) is 11.9. The van der Waals surface area contributed by atoms with E-state index in [0.29, 0.717) is 6.54 Å². The van der Waals surface area contributed by atoms with Crippen molar-refractivity contribution in [3.8, 4) is 0 Å². The summed E-state index contributed by atoms with van der Waals surface area (Å²) in [5.41, 5.74) is -0.503. The SMILES string of the molecule is CC(C)(CC(=O)O)CC(=O)NCCC1CCCCO1. The number of carboxylic acids is 1. The van der Waals surface area contributed by atoms with E-state index >= 15 is 0 Å². The summed E-state index contributed by atoms with van der Waals surface area (Å²) in [6.07, 6.45) is 4.75. The first-order valence-electron chi connectivity index (χ1n) is 6.99. The van der Waals surface area contributed by atoms with E-state index in [4.69, 9.17) is 9.84 Å². The molecule has 1 fully saturated rings. The summed E-state index contributed by atoms with van der Waals surface area (Å²) in [5.74, 6) is -0.949. The van der Waals surface area contributed by atoms with Gasteiger partial charge in [-0.25, -0.2) is 0 Å². The van der Waals surface area contributed by atoms with Gasteiger partial charge in [-0.3, -0.25) is 9.59 Å². The zero-order chi connectivity index (χ0) is 14.3. The van der Waals surface area contributed by atoms with Gasteiger partial charge < -0.3 is 15.2 Å². The second-order valence-corrected chi connectivity index (χ2v) is 6.04. The molecular weight excluding hydrogens is 246 g/mol. The Morgan fingerprint density at radius 3 is 2.63 bits per heavy atom. The van der Waals surface area contributed by atoms with Crippen molar-refractivity contribution in [2.75, 3.05) is 13.2 Å². The molecule has 19 heavy (non-hydrogen) atoms. The lowest BCUT2D eigenvalue weighted by Crippen LogP contribution is -2.33. The van der Waals surface area contributed by atoms with Crippen LogP contribution in [-0.2, 0) is 14.3 Å². The minimum absolute atomic E-state index is 0.00611. The minimum Gasteiger partial charge on any atom is -0.481 e. The molecule has 0 radical (unpaired) electrons. The molecule has 0 spiro atoms. The van der Waals surface area contributed by atoms with Crippen molar-refractivity contribution in [1.29, 1.82) is 0 Å². The smallest absolute Gasteiger partial charge is 0.303 e. The van der Waals surface area contributed by atoms with Gasteiger partial charge in [0.05, 0.1) is 12.5 Å². The lowest BCUT2D eigenvalue weighted by Gasteiger charge is -2.24. The Kier molecular flexibility index (Phi) is 6.28. The van der Waals surface area contributed by atoms with Crippen molar-refractivity contribution in [3.05, 3.63) is 0 Å². The van der Waals surface area contributed by atoms with E-state index in [0.717, 1.165) is 25.9 Å². The molecule has 1 atom stereocenters. The number of aliphatic carboxylic acids is 1. The highest BCUT2D eigenvalue weighted by Crippen LogP contribution is 2.24. The molecule has 1 heterocycles. The Morgan fingerprint density at radius 2 is 2.05 bits per heavy atom. The third kappa shape index (κ3) is 7.15. The first kappa shape index (κ1) is 16.0. The molecule has 1 rings (SSSR count). The molecule has 1 saturated heterocycles. The van der Waals surface area contributed by atoms with Crippen LogP contribution in [0, 0.1) is 5.41 Å². The molecule has 5 nitrogen and oxygen atoms in total. The van der Waals surface area contributed by atoms with Crippen LogP contribution in [0.3, 0.4) is 0 Å². The van der Waals surface area contributed by atoms with Crippen LogP contribution in [0.15, 0.2) is 0 Å². The van der Waals surface area contributed by atoms with Gasteiger partial charge in [-0.05, 0) is 31.1 Å². The highest BCUT2D eigenvalue weighted by Gasteiger charge is 2.25. The van der Waals surface area contributed by atoms with Gasteiger partial charge in [0.2, 0.25) is 5.91 Å². The van der Waals surface area contributed by atoms with Gasteiger partial charge in [-0.2, -0.15) is 0 Å². The monoisotopic (exact) mass is 271 g/mol. The fourth-order valence-corrected chi connectivity index (χ4v) is 2.38. The molecule has 1 amide bonds. The molecule has 0 aromatic carbocycles. The molecule has 2 N–H and O–H groups in total. The predicted octanol–water partition coefficient (Wildman–Crippen LogP) is 1.95. The topological polar surface area (TPSA) is 75.6 Å². The summed E-state index contributed by atoms with van der Waals surface area (Å²) >= 11 is 0. The first-order valence-corrected chi connectivity index (χ1v) is 6.99. The number of carbonyl (C=O) groups excluding carboxylic acids is 1. The molecule has 1 unspecified atom stereocenters. The van der Waals surface area contributed by atoms with Crippen LogP contribution in [0.2, 0.25) is 0 Å². The normalized spacial score (nSPS) is 20.0. The number of carboxylic acid groups (broad SMARTS) is 1. The zero-order valence-electron chi connectivity index (χ0n) is 11.9. The lowest BCUT2D eigenvalue weighted by molar-refractivity contribution is -0.139. The van der Waals surface area contributed by atoms with E-state index in [9.17, 15) is 9.59 Å². The molecule has 0 saturated carbocycles. The Morgan fingerprint density at radius 1 is 1.32 bits per heavy atom. The molecule has 1 aliphatic heterocycles. The number of ether oxygens (including phenoxy) is 1. The van der Waals surface area contributed by atoms with Crippen molar-refractivity contribution in [1.82, 2.24) is 5.32 Å². The predicted molar refractivity (Wildman–Crippen MR) is 71.9 cm³/mol. The highest BCUT2D eigenvalue weighted by atomic mass is 16.5. The van der Waals surface area contributed by atoms with E-state index in [1.54, 1.807) is 13.8 Å². The Balaban J connectivity index is 2.18. The quantitative estimate of drug-likeness (QED) is 0.742.